The highest BCUT2D eigenvalue weighted by atomic mass is 15.1. The number of rotatable bonds is 3. The van der Waals surface area contributed by atoms with E-state index in [1.807, 2.05) is 0 Å². The molecule has 0 spiro atoms. The van der Waals surface area contributed by atoms with Gasteiger partial charge in [0.25, 0.3) is 0 Å². The van der Waals surface area contributed by atoms with Crippen LogP contribution in [0.5, 0.6) is 0 Å². The summed E-state index contributed by atoms with van der Waals surface area (Å²) in [6.45, 7) is 5.63. The standard InChI is InChI=1S/C11H24N2/c1-4-9-6-7-10(12)11(8-9)13(3)5-2/h9-11H,4-8,12H2,1-3H3. The number of hydrogen-bond acceptors (Lipinski definition) is 2. The zero-order chi connectivity index (χ0) is 9.84. The molecule has 3 unspecified atom stereocenters. The molecular weight excluding hydrogens is 160 g/mol. The smallest absolute Gasteiger partial charge is 0.0246 e. The molecule has 2 N–H and O–H groups in total. The predicted octanol–water partition coefficient (Wildman–Crippen LogP) is 1.84. The van der Waals surface area contributed by atoms with Gasteiger partial charge in [-0.3, -0.25) is 0 Å². The minimum Gasteiger partial charge on any atom is -0.326 e. The van der Waals surface area contributed by atoms with Crippen LogP contribution in [0.1, 0.15) is 39.5 Å². The fraction of sp³-hybridized carbons (Fsp3) is 1.00. The van der Waals surface area contributed by atoms with Crippen LogP contribution in [-0.2, 0) is 0 Å². The Morgan fingerprint density at radius 1 is 1.31 bits per heavy atom. The highest BCUT2D eigenvalue weighted by Gasteiger charge is 2.29. The molecule has 0 saturated heterocycles. The Balaban J connectivity index is 2.49. The van der Waals surface area contributed by atoms with Gasteiger partial charge in [-0.15, -0.1) is 0 Å². The van der Waals surface area contributed by atoms with Gasteiger partial charge in [0, 0.05) is 12.1 Å². The van der Waals surface area contributed by atoms with Crippen molar-refractivity contribution < 1.29 is 0 Å². The van der Waals surface area contributed by atoms with Gasteiger partial charge in [0.05, 0.1) is 0 Å². The van der Waals surface area contributed by atoms with Crippen molar-refractivity contribution in [3.05, 3.63) is 0 Å². The number of nitrogens with two attached hydrogens (primary N) is 1. The first-order valence-electron chi connectivity index (χ1n) is 5.64. The lowest BCUT2D eigenvalue weighted by molar-refractivity contribution is 0.140. The molecule has 1 aliphatic rings. The first kappa shape index (κ1) is 11.0. The molecule has 0 aliphatic heterocycles. The quantitative estimate of drug-likeness (QED) is 0.725. The van der Waals surface area contributed by atoms with E-state index >= 15 is 0 Å². The lowest BCUT2D eigenvalue weighted by atomic mass is 9.81. The SMILES string of the molecule is CCC1CCC(N)C(N(C)CC)C1. The molecule has 0 heterocycles. The molecule has 1 aliphatic carbocycles. The Kier molecular flexibility index (Phi) is 4.20. The zero-order valence-electron chi connectivity index (χ0n) is 9.29. The fourth-order valence-electron chi connectivity index (χ4n) is 2.37. The molecule has 78 valence electrons. The molecule has 1 saturated carbocycles. The summed E-state index contributed by atoms with van der Waals surface area (Å²) in [5, 5.41) is 0. The van der Waals surface area contributed by atoms with Crippen LogP contribution in [0.3, 0.4) is 0 Å². The highest BCUT2D eigenvalue weighted by molar-refractivity contribution is 4.87. The maximum Gasteiger partial charge on any atom is 0.0246 e. The van der Waals surface area contributed by atoms with Crippen molar-refractivity contribution >= 4 is 0 Å². The largest absolute Gasteiger partial charge is 0.326 e. The van der Waals surface area contributed by atoms with Crippen molar-refractivity contribution in [2.45, 2.75) is 51.6 Å². The van der Waals surface area contributed by atoms with Gasteiger partial charge in [-0.05, 0) is 38.8 Å². The number of hydrogen-bond donors (Lipinski definition) is 1. The van der Waals surface area contributed by atoms with Crippen molar-refractivity contribution in [3.8, 4) is 0 Å². The molecule has 0 aromatic rings. The second-order valence-electron chi connectivity index (χ2n) is 4.39. The summed E-state index contributed by atoms with van der Waals surface area (Å²) in [6.07, 6.45) is 5.18. The summed E-state index contributed by atoms with van der Waals surface area (Å²) in [5.74, 6) is 0.916. The van der Waals surface area contributed by atoms with Gasteiger partial charge in [0.2, 0.25) is 0 Å². The molecule has 2 nitrogen and oxygen atoms in total. The molecule has 3 atom stereocenters. The van der Waals surface area contributed by atoms with Gasteiger partial charge in [-0.1, -0.05) is 20.3 Å². The average Bonchev–Trinajstić information content (AvgIpc) is 2.17. The predicted molar refractivity (Wildman–Crippen MR) is 57.7 cm³/mol. The first-order valence-corrected chi connectivity index (χ1v) is 5.64. The summed E-state index contributed by atoms with van der Waals surface area (Å²) < 4.78 is 0. The van der Waals surface area contributed by atoms with Crippen molar-refractivity contribution in [2.24, 2.45) is 11.7 Å². The van der Waals surface area contributed by atoms with Crippen LogP contribution in [0, 0.1) is 5.92 Å². The normalized spacial score (nSPS) is 35.3. The molecule has 0 radical (unpaired) electrons. The molecular formula is C11H24N2. The Morgan fingerprint density at radius 2 is 2.00 bits per heavy atom. The zero-order valence-corrected chi connectivity index (χ0v) is 9.29. The molecule has 2 heteroatoms. The van der Waals surface area contributed by atoms with Crippen LogP contribution in [0.2, 0.25) is 0 Å². The Labute approximate surface area is 82.5 Å². The van der Waals surface area contributed by atoms with Gasteiger partial charge in [0.15, 0.2) is 0 Å². The van der Waals surface area contributed by atoms with Crippen molar-refractivity contribution in [2.75, 3.05) is 13.6 Å². The molecule has 0 aromatic carbocycles. The van der Waals surface area contributed by atoms with Crippen molar-refractivity contribution in [1.82, 2.24) is 4.90 Å². The van der Waals surface area contributed by atoms with E-state index in [0.29, 0.717) is 12.1 Å². The van der Waals surface area contributed by atoms with E-state index < -0.39 is 0 Å². The van der Waals surface area contributed by atoms with Crippen LogP contribution >= 0.6 is 0 Å². The van der Waals surface area contributed by atoms with Crippen LogP contribution in [0.4, 0.5) is 0 Å². The van der Waals surface area contributed by atoms with Crippen molar-refractivity contribution in [1.29, 1.82) is 0 Å². The summed E-state index contributed by atoms with van der Waals surface area (Å²) in [5.41, 5.74) is 6.13. The maximum atomic E-state index is 6.13. The van der Waals surface area contributed by atoms with Gasteiger partial charge >= 0.3 is 0 Å². The minimum absolute atomic E-state index is 0.410. The topological polar surface area (TPSA) is 29.3 Å². The Hall–Kier alpha value is -0.0800. The molecule has 0 amide bonds. The lowest BCUT2D eigenvalue weighted by Gasteiger charge is -2.39. The van der Waals surface area contributed by atoms with E-state index in [1.165, 1.54) is 25.7 Å². The van der Waals surface area contributed by atoms with E-state index in [1.54, 1.807) is 0 Å². The van der Waals surface area contributed by atoms with Crippen LogP contribution < -0.4 is 5.73 Å². The van der Waals surface area contributed by atoms with Crippen LogP contribution in [-0.4, -0.2) is 30.6 Å². The van der Waals surface area contributed by atoms with E-state index in [9.17, 15) is 0 Å². The summed E-state index contributed by atoms with van der Waals surface area (Å²) >= 11 is 0. The van der Waals surface area contributed by atoms with E-state index in [-0.39, 0.29) is 0 Å². The Bertz CT molecular complexity index is 143. The van der Waals surface area contributed by atoms with Gasteiger partial charge in [0.1, 0.15) is 0 Å². The monoisotopic (exact) mass is 184 g/mol. The molecule has 1 fully saturated rings. The lowest BCUT2D eigenvalue weighted by Crippen LogP contribution is -2.49. The van der Waals surface area contributed by atoms with Crippen molar-refractivity contribution in [3.63, 3.8) is 0 Å². The first-order chi connectivity index (χ1) is 6.19. The van der Waals surface area contributed by atoms with E-state index in [4.69, 9.17) is 5.73 Å². The second-order valence-corrected chi connectivity index (χ2v) is 4.39. The van der Waals surface area contributed by atoms with Gasteiger partial charge in [-0.25, -0.2) is 0 Å². The molecule has 0 aromatic heterocycles. The Morgan fingerprint density at radius 3 is 2.54 bits per heavy atom. The number of likely N-dealkylation sites (N-methyl/N-ethyl adjacent to an activating group) is 1. The van der Waals surface area contributed by atoms with Crippen LogP contribution in [0.15, 0.2) is 0 Å². The average molecular weight is 184 g/mol. The minimum atomic E-state index is 0.410. The number of nitrogens with zero attached hydrogens (tertiary/aromatic N) is 1. The molecule has 1 rings (SSSR count). The fourth-order valence-corrected chi connectivity index (χ4v) is 2.37. The summed E-state index contributed by atoms with van der Waals surface area (Å²) in [7, 11) is 2.20. The summed E-state index contributed by atoms with van der Waals surface area (Å²) in [4.78, 5) is 2.41. The third kappa shape index (κ3) is 2.68. The molecule has 13 heavy (non-hydrogen) atoms. The highest BCUT2D eigenvalue weighted by Crippen LogP contribution is 2.28. The third-order valence-electron chi connectivity index (χ3n) is 3.62. The van der Waals surface area contributed by atoms with E-state index in [2.05, 4.69) is 25.8 Å². The third-order valence-corrected chi connectivity index (χ3v) is 3.62. The maximum absolute atomic E-state index is 6.13. The molecule has 0 bridgehead atoms. The van der Waals surface area contributed by atoms with Gasteiger partial charge in [-0.2, -0.15) is 0 Å². The van der Waals surface area contributed by atoms with E-state index in [0.717, 1.165) is 12.5 Å². The summed E-state index contributed by atoms with van der Waals surface area (Å²) in [6, 6.07) is 1.04. The van der Waals surface area contributed by atoms with Crippen LogP contribution in [0.25, 0.3) is 0 Å². The van der Waals surface area contributed by atoms with Gasteiger partial charge < -0.3 is 10.6 Å². The second kappa shape index (κ2) is 4.97.